The van der Waals surface area contributed by atoms with Crippen LogP contribution in [0.4, 0.5) is 5.82 Å². The molecule has 2 amide bonds. The summed E-state index contributed by atoms with van der Waals surface area (Å²) in [6.45, 7) is 9.07. The number of carbonyl (C=O) groups is 2. The second-order valence-electron chi connectivity index (χ2n) is 9.54. The predicted molar refractivity (Wildman–Crippen MR) is 142 cm³/mol. The molecule has 1 heterocycles. The van der Waals surface area contributed by atoms with E-state index >= 15 is 0 Å². The van der Waals surface area contributed by atoms with E-state index in [0.29, 0.717) is 31.0 Å². The van der Waals surface area contributed by atoms with Gasteiger partial charge in [0.2, 0.25) is 5.91 Å². The number of nitrogens with one attached hydrogen (secondary N) is 1. The van der Waals surface area contributed by atoms with Gasteiger partial charge in [-0.3, -0.25) is 9.59 Å². The molecular weight excluding hydrogens is 508 g/mol. The Balaban J connectivity index is 1.85. The summed E-state index contributed by atoms with van der Waals surface area (Å²) in [5, 5.41) is 7.75. The van der Waals surface area contributed by atoms with E-state index in [1.165, 1.54) is 0 Å². The summed E-state index contributed by atoms with van der Waals surface area (Å²) in [6, 6.07) is 17.0. The van der Waals surface area contributed by atoms with Crippen molar-refractivity contribution in [2.75, 3.05) is 32.1 Å². The number of ether oxygens (including phenoxy) is 1. The standard InChI is InChI=1S/C27H33BrN4O3/c1-19-10-12-22(13-11-19)32-24(17-23(30-32)27(2,3)4)29-25(33)18-31(14-7-15-35-5)26(34)20-8-6-9-21(28)16-20/h6,8-13,16-17H,7,14-15,18H2,1-5H3,(H,29,33). The molecule has 0 radical (unpaired) electrons. The van der Waals surface area contributed by atoms with Crippen molar-refractivity contribution < 1.29 is 14.3 Å². The molecule has 3 rings (SSSR count). The lowest BCUT2D eigenvalue weighted by molar-refractivity contribution is -0.117. The fraction of sp³-hybridized carbons (Fsp3) is 0.370. The fourth-order valence-corrected chi connectivity index (χ4v) is 3.93. The van der Waals surface area contributed by atoms with Gasteiger partial charge in [0.15, 0.2) is 0 Å². The van der Waals surface area contributed by atoms with Crippen LogP contribution in [-0.4, -0.2) is 53.3 Å². The topological polar surface area (TPSA) is 76.5 Å². The molecule has 0 aliphatic carbocycles. The minimum absolute atomic E-state index is 0.0843. The minimum atomic E-state index is -0.292. The molecule has 0 bridgehead atoms. The van der Waals surface area contributed by atoms with Gasteiger partial charge in [-0.25, -0.2) is 4.68 Å². The third-order valence-electron chi connectivity index (χ3n) is 5.49. The molecule has 8 heteroatoms. The number of rotatable bonds is 9. The molecule has 1 N–H and O–H groups in total. The molecule has 7 nitrogen and oxygen atoms in total. The summed E-state index contributed by atoms with van der Waals surface area (Å²) >= 11 is 3.41. The Morgan fingerprint density at radius 3 is 2.46 bits per heavy atom. The minimum Gasteiger partial charge on any atom is -0.385 e. The van der Waals surface area contributed by atoms with Crippen LogP contribution < -0.4 is 5.32 Å². The number of carbonyl (C=O) groups excluding carboxylic acids is 2. The fourth-order valence-electron chi connectivity index (χ4n) is 3.53. The van der Waals surface area contributed by atoms with Gasteiger partial charge in [0.05, 0.1) is 11.4 Å². The Labute approximate surface area is 215 Å². The van der Waals surface area contributed by atoms with Gasteiger partial charge in [-0.1, -0.05) is 60.5 Å². The van der Waals surface area contributed by atoms with Gasteiger partial charge in [-0.05, 0) is 43.7 Å². The van der Waals surface area contributed by atoms with Gasteiger partial charge in [0.25, 0.3) is 5.91 Å². The largest absolute Gasteiger partial charge is 0.385 e. The van der Waals surface area contributed by atoms with Crippen LogP contribution >= 0.6 is 15.9 Å². The summed E-state index contributed by atoms with van der Waals surface area (Å²) in [5.74, 6) is 0.0648. The van der Waals surface area contributed by atoms with Crippen molar-refractivity contribution in [1.82, 2.24) is 14.7 Å². The lowest BCUT2D eigenvalue weighted by Crippen LogP contribution is -2.39. The number of halogens is 1. The van der Waals surface area contributed by atoms with Crippen molar-refractivity contribution >= 4 is 33.6 Å². The molecule has 35 heavy (non-hydrogen) atoms. The first kappa shape index (κ1) is 26.6. The number of amides is 2. The average Bonchev–Trinajstić information content (AvgIpc) is 3.23. The monoisotopic (exact) mass is 540 g/mol. The highest BCUT2D eigenvalue weighted by Crippen LogP contribution is 2.26. The number of anilines is 1. The maximum absolute atomic E-state index is 13.2. The summed E-state index contributed by atoms with van der Waals surface area (Å²) < 4.78 is 7.69. The number of aryl methyl sites for hydroxylation is 1. The molecule has 0 saturated carbocycles. The van der Waals surface area contributed by atoms with Crippen LogP contribution in [0.25, 0.3) is 5.69 Å². The van der Waals surface area contributed by atoms with E-state index in [9.17, 15) is 9.59 Å². The van der Waals surface area contributed by atoms with E-state index < -0.39 is 0 Å². The molecule has 0 aliphatic rings. The molecule has 1 aromatic heterocycles. The average molecular weight is 541 g/mol. The van der Waals surface area contributed by atoms with E-state index in [4.69, 9.17) is 9.84 Å². The Morgan fingerprint density at radius 2 is 1.83 bits per heavy atom. The van der Waals surface area contributed by atoms with Crippen molar-refractivity contribution in [1.29, 1.82) is 0 Å². The third kappa shape index (κ3) is 7.26. The molecule has 0 fully saturated rings. The van der Waals surface area contributed by atoms with Gasteiger partial charge >= 0.3 is 0 Å². The Morgan fingerprint density at radius 1 is 1.11 bits per heavy atom. The molecular formula is C27H33BrN4O3. The Kier molecular flexibility index (Phi) is 8.86. The van der Waals surface area contributed by atoms with Gasteiger partial charge in [0, 0.05) is 41.8 Å². The zero-order chi connectivity index (χ0) is 25.6. The smallest absolute Gasteiger partial charge is 0.254 e. The number of hydrogen-bond donors (Lipinski definition) is 1. The van der Waals surface area contributed by atoms with E-state index in [1.807, 2.05) is 43.3 Å². The highest BCUT2D eigenvalue weighted by molar-refractivity contribution is 9.10. The van der Waals surface area contributed by atoms with Crippen molar-refractivity contribution in [3.63, 3.8) is 0 Å². The predicted octanol–water partition coefficient (Wildman–Crippen LogP) is 5.36. The summed E-state index contributed by atoms with van der Waals surface area (Å²) in [6.07, 6.45) is 0.624. The highest BCUT2D eigenvalue weighted by atomic mass is 79.9. The van der Waals surface area contributed by atoms with Crippen LogP contribution in [0.1, 0.15) is 48.8 Å². The SMILES string of the molecule is COCCCN(CC(=O)Nc1cc(C(C)(C)C)nn1-c1ccc(C)cc1)C(=O)c1cccc(Br)c1. The summed E-state index contributed by atoms with van der Waals surface area (Å²) in [5.41, 5.74) is 3.17. The maximum Gasteiger partial charge on any atom is 0.254 e. The van der Waals surface area contributed by atoms with E-state index in [0.717, 1.165) is 21.4 Å². The molecule has 0 atom stereocenters. The van der Waals surface area contributed by atoms with E-state index in [-0.39, 0.29) is 23.8 Å². The quantitative estimate of drug-likeness (QED) is 0.370. The normalized spacial score (nSPS) is 11.4. The van der Waals surface area contributed by atoms with Crippen LogP contribution in [0, 0.1) is 6.92 Å². The first-order valence-corrected chi connectivity index (χ1v) is 12.4. The second kappa shape index (κ2) is 11.6. The lowest BCUT2D eigenvalue weighted by atomic mass is 9.92. The van der Waals surface area contributed by atoms with Gasteiger partial charge in [-0.15, -0.1) is 0 Å². The first-order chi connectivity index (χ1) is 16.6. The third-order valence-corrected chi connectivity index (χ3v) is 5.99. The molecule has 0 spiro atoms. The van der Waals surface area contributed by atoms with Gasteiger partial charge in [-0.2, -0.15) is 5.10 Å². The number of benzene rings is 2. The van der Waals surface area contributed by atoms with Crippen LogP contribution in [0.15, 0.2) is 59.1 Å². The number of nitrogens with zero attached hydrogens (tertiary/aromatic N) is 3. The van der Waals surface area contributed by atoms with Crippen molar-refractivity contribution in [3.05, 3.63) is 75.9 Å². The van der Waals surface area contributed by atoms with Crippen molar-refractivity contribution in [2.24, 2.45) is 0 Å². The zero-order valence-corrected chi connectivity index (χ0v) is 22.6. The number of hydrogen-bond acceptors (Lipinski definition) is 4. The molecule has 0 aliphatic heterocycles. The van der Waals surface area contributed by atoms with Gasteiger partial charge < -0.3 is 15.0 Å². The molecule has 2 aromatic carbocycles. The summed E-state index contributed by atoms with van der Waals surface area (Å²) in [7, 11) is 1.62. The van der Waals surface area contributed by atoms with Crippen molar-refractivity contribution in [2.45, 2.75) is 39.5 Å². The van der Waals surface area contributed by atoms with E-state index in [1.54, 1.807) is 34.9 Å². The zero-order valence-electron chi connectivity index (χ0n) is 21.0. The highest BCUT2D eigenvalue weighted by Gasteiger charge is 2.23. The summed E-state index contributed by atoms with van der Waals surface area (Å²) in [4.78, 5) is 27.9. The van der Waals surface area contributed by atoms with Crippen LogP contribution in [-0.2, 0) is 14.9 Å². The molecule has 3 aromatic rings. The van der Waals surface area contributed by atoms with Crippen LogP contribution in [0.5, 0.6) is 0 Å². The van der Waals surface area contributed by atoms with Crippen LogP contribution in [0.2, 0.25) is 0 Å². The van der Waals surface area contributed by atoms with E-state index in [2.05, 4.69) is 42.0 Å². The number of methoxy groups -OCH3 is 1. The Hall–Kier alpha value is -2.97. The maximum atomic E-state index is 13.2. The number of aromatic nitrogens is 2. The molecule has 186 valence electrons. The van der Waals surface area contributed by atoms with Crippen LogP contribution in [0.3, 0.4) is 0 Å². The van der Waals surface area contributed by atoms with Gasteiger partial charge in [0.1, 0.15) is 12.4 Å². The first-order valence-electron chi connectivity index (χ1n) is 11.6. The second-order valence-corrected chi connectivity index (χ2v) is 10.5. The van der Waals surface area contributed by atoms with Crippen molar-refractivity contribution in [3.8, 4) is 5.69 Å². The Bertz CT molecular complexity index is 1170. The lowest BCUT2D eigenvalue weighted by Gasteiger charge is -2.22. The molecule has 0 saturated heterocycles. The molecule has 0 unspecified atom stereocenters.